The van der Waals surface area contributed by atoms with E-state index in [4.69, 9.17) is 10.5 Å². The van der Waals surface area contributed by atoms with Gasteiger partial charge in [0.15, 0.2) is 0 Å². The van der Waals surface area contributed by atoms with Gasteiger partial charge in [-0.3, -0.25) is 19.2 Å². The number of nitrogens with two attached hydrogens (primary N) is 1. The van der Waals surface area contributed by atoms with E-state index in [-0.39, 0.29) is 35.5 Å². The van der Waals surface area contributed by atoms with Gasteiger partial charge in [-0.2, -0.15) is 0 Å². The number of benzene rings is 1. The lowest BCUT2D eigenvalue weighted by Gasteiger charge is -2.65. The van der Waals surface area contributed by atoms with E-state index in [2.05, 4.69) is 15.6 Å². The normalized spacial score (nSPS) is 30.8. The summed E-state index contributed by atoms with van der Waals surface area (Å²) in [4.78, 5) is 56.5. The predicted molar refractivity (Wildman–Crippen MR) is 134 cm³/mol. The zero-order valence-corrected chi connectivity index (χ0v) is 20.9. The van der Waals surface area contributed by atoms with Crippen molar-refractivity contribution in [2.75, 3.05) is 20.2 Å². The Labute approximate surface area is 214 Å². The van der Waals surface area contributed by atoms with Crippen LogP contribution in [0.5, 0.6) is 5.75 Å². The molecule has 1 aromatic carbocycles. The Morgan fingerprint density at radius 2 is 2.05 bits per heavy atom. The van der Waals surface area contributed by atoms with Crippen LogP contribution >= 0.6 is 0 Å². The van der Waals surface area contributed by atoms with Crippen molar-refractivity contribution in [3.8, 4) is 5.75 Å². The van der Waals surface area contributed by atoms with E-state index in [0.717, 1.165) is 16.8 Å². The summed E-state index contributed by atoms with van der Waals surface area (Å²) in [5, 5.41) is 6.34. The topological polar surface area (TPSA) is 147 Å². The summed E-state index contributed by atoms with van der Waals surface area (Å²) in [5.74, 6) is -0.126. The fourth-order valence-corrected chi connectivity index (χ4v) is 7.04. The van der Waals surface area contributed by atoms with Gasteiger partial charge in [0.2, 0.25) is 17.7 Å². The Morgan fingerprint density at radius 3 is 2.68 bits per heavy atom. The molecule has 2 aliphatic heterocycles. The molecule has 3 heterocycles. The molecule has 0 radical (unpaired) electrons. The zero-order valence-electron chi connectivity index (χ0n) is 20.9. The third kappa shape index (κ3) is 3.93. The quantitative estimate of drug-likeness (QED) is 0.425. The molecular formula is C27H33N5O5. The van der Waals surface area contributed by atoms with Crippen molar-refractivity contribution >= 4 is 34.5 Å². The van der Waals surface area contributed by atoms with Crippen molar-refractivity contribution in [3.05, 3.63) is 30.0 Å². The second-order valence-electron chi connectivity index (χ2n) is 11.3. The first-order valence-corrected chi connectivity index (χ1v) is 13.1. The number of amides is 4. The largest absolute Gasteiger partial charge is 0.496 e. The van der Waals surface area contributed by atoms with Crippen LogP contribution in [0.1, 0.15) is 49.0 Å². The second kappa shape index (κ2) is 8.78. The maximum Gasteiger partial charge on any atom is 0.270 e. The van der Waals surface area contributed by atoms with Gasteiger partial charge in [0.05, 0.1) is 7.11 Å². The lowest BCUT2D eigenvalue weighted by molar-refractivity contribution is -0.147. The first kappa shape index (κ1) is 23.8. The standard InChI is InChI=1S/C27H33N5O5/c1-37-22-4-2-3-18-17(22)9-20(30-18)26(36)32-13-16(27-10-14(11-27)12-27)8-21(32)25(35)31-19(23(28)33)7-15-5-6-29-24(15)34/h2-4,9,14-16,19,21,30H,5-8,10-13H2,1H3,(H2,28,33)(H,29,34)(H,31,35)/t14?,15-,16?,19-,21-,27?/m0/s1. The molecule has 37 heavy (non-hydrogen) atoms. The molecule has 2 aromatic rings. The molecular weight excluding hydrogens is 474 g/mol. The van der Waals surface area contributed by atoms with Crippen LogP contribution in [-0.4, -0.2) is 65.8 Å². The Hall–Kier alpha value is -3.56. The van der Waals surface area contributed by atoms with Gasteiger partial charge in [0.1, 0.15) is 23.5 Å². The molecule has 5 fully saturated rings. The van der Waals surface area contributed by atoms with Gasteiger partial charge in [-0.15, -0.1) is 0 Å². The van der Waals surface area contributed by atoms with Crippen molar-refractivity contribution in [3.63, 3.8) is 0 Å². The van der Waals surface area contributed by atoms with Crippen LogP contribution in [0.4, 0.5) is 0 Å². The van der Waals surface area contributed by atoms with Gasteiger partial charge in [-0.1, -0.05) is 6.07 Å². The molecule has 196 valence electrons. The van der Waals surface area contributed by atoms with E-state index in [1.54, 1.807) is 18.1 Å². The summed E-state index contributed by atoms with van der Waals surface area (Å²) < 4.78 is 5.44. The van der Waals surface area contributed by atoms with Crippen molar-refractivity contribution in [1.29, 1.82) is 0 Å². The number of rotatable bonds is 8. The molecule has 3 saturated carbocycles. The third-order valence-corrected chi connectivity index (χ3v) is 9.23. The Kier molecular flexibility index (Phi) is 5.65. The SMILES string of the molecule is COc1cccc2[nH]c(C(=O)N3CC(C45CC(C4)C5)C[C@H]3C(=O)N[C@@H](C[C@@H]3CCNC3=O)C(N)=O)cc12. The monoisotopic (exact) mass is 507 g/mol. The number of primary amides is 1. The lowest BCUT2D eigenvalue weighted by Crippen LogP contribution is -2.56. The average molecular weight is 508 g/mol. The summed E-state index contributed by atoms with van der Waals surface area (Å²) in [6.07, 6.45) is 4.81. The number of methoxy groups -OCH3 is 1. The summed E-state index contributed by atoms with van der Waals surface area (Å²) in [6.45, 7) is 1.05. The number of aromatic amines is 1. The Balaban J connectivity index is 1.25. The van der Waals surface area contributed by atoms with Crippen molar-refractivity contribution < 1.29 is 23.9 Å². The molecule has 3 aliphatic carbocycles. The molecule has 10 heteroatoms. The zero-order chi connectivity index (χ0) is 25.9. The number of fused-ring (bicyclic) bond motifs is 1. The van der Waals surface area contributed by atoms with Crippen LogP contribution in [-0.2, 0) is 14.4 Å². The maximum atomic E-state index is 13.8. The van der Waals surface area contributed by atoms with Crippen molar-refractivity contribution in [2.45, 2.75) is 50.6 Å². The molecule has 5 N–H and O–H groups in total. The van der Waals surface area contributed by atoms with E-state index >= 15 is 0 Å². The Morgan fingerprint density at radius 1 is 1.27 bits per heavy atom. The highest BCUT2D eigenvalue weighted by Gasteiger charge is 2.63. The predicted octanol–water partition coefficient (Wildman–Crippen LogP) is 1.30. The summed E-state index contributed by atoms with van der Waals surface area (Å²) in [5.41, 5.74) is 7.02. The first-order valence-electron chi connectivity index (χ1n) is 13.1. The van der Waals surface area contributed by atoms with Crippen molar-refractivity contribution in [2.24, 2.45) is 28.9 Å². The summed E-state index contributed by atoms with van der Waals surface area (Å²) in [6, 6.07) is 5.66. The van der Waals surface area contributed by atoms with Crippen LogP contribution < -0.4 is 21.1 Å². The molecule has 1 unspecified atom stereocenters. The van der Waals surface area contributed by atoms with E-state index < -0.39 is 23.9 Å². The van der Waals surface area contributed by atoms with Gasteiger partial charge in [0.25, 0.3) is 5.91 Å². The number of H-pyrrole nitrogens is 1. The number of hydrogen-bond acceptors (Lipinski definition) is 5. The number of carbonyl (C=O) groups excluding carboxylic acids is 4. The fourth-order valence-electron chi connectivity index (χ4n) is 7.04. The number of hydrogen-bond donors (Lipinski definition) is 4. The highest BCUT2D eigenvalue weighted by Crippen LogP contribution is 2.69. The molecule has 5 aliphatic rings. The highest BCUT2D eigenvalue weighted by molar-refractivity contribution is 6.02. The molecule has 0 spiro atoms. The molecule has 1 aromatic heterocycles. The summed E-state index contributed by atoms with van der Waals surface area (Å²) in [7, 11) is 1.59. The number of nitrogens with one attached hydrogen (secondary N) is 3. The number of likely N-dealkylation sites (tertiary alicyclic amines) is 1. The number of carbonyl (C=O) groups is 4. The number of ether oxygens (including phenoxy) is 1. The van der Waals surface area contributed by atoms with Gasteiger partial charge in [-0.25, -0.2) is 0 Å². The fraction of sp³-hybridized carbons (Fsp3) is 0.556. The van der Waals surface area contributed by atoms with E-state index in [1.807, 2.05) is 18.2 Å². The maximum absolute atomic E-state index is 13.8. The average Bonchev–Trinajstić information content (AvgIpc) is 3.54. The third-order valence-electron chi connectivity index (χ3n) is 9.23. The molecule has 2 saturated heterocycles. The molecule has 4 atom stereocenters. The molecule has 10 nitrogen and oxygen atoms in total. The van der Waals surface area contributed by atoms with E-state index in [0.29, 0.717) is 37.4 Å². The lowest BCUT2D eigenvalue weighted by atomic mass is 9.40. The van der Waals surface area contributed by atoms with Gasteiger partial charge >= 0.3 is 0 Å². The minimum atomic E-state index is -0.968. The van der Waals surface area contributed by atoms with Gasteiger partial charge in [-0.05, 0) is 74.0 Å². The smallest absolute Gasteiger partial charge is 0.270 e. The van der Waals surface area contributed by atoms with Gasteiger partial charge in [0, 0.05) is 29.9 Å². The molecule has 4 amide bonds. The van der Waals surface area contributed by atoms with Crippen LogP contribution in [0.3, 0.4) is 0 Å². The minimum absolute atomic E-state index is 0.129. The van der Waals surface area contributed by atoms with Crippen molar-refractivity contribution in [1.82, 2.24) is 20.5 Å². The van der Waals surface area contributed by atoms with Crippen LogP contribution in [0.2, 0.25) is 0 Å². The summed E-state index contributed by atoms with van der Waals surface area (Å²) >= 11 is 0. The molecule has 2 bridgehead atoms. The van der Waals surface area contributed by atoms with E-state index in [9.17, 15) is 19.2 Å². The van der Waals surface area contributed by atoms with Crippen LogP contribution in [0.25, 0.3) is 10.9 Å². The van der Waals surface area contributed by atoms with Crippen LogP contribution in [0, 0.1) is 23.2 Å². The van der Waals surface area contributed by atoms with E-state index in [1.165, 1.54) is 19.3 Å². The molecule has 7 rings (SSSR count). The van der Waals surface area contributed by atoms with Crippen LogP contribution in [0.15, 0.2) is 24.3 Å². The minimum Gasteiger partial charge on any atom is -0.496 e. The first-order chi connectivity index (χ1) is 17.8. The Bertz CT molecular complexity index is 1270. The highest BCUT2D eigenvalue weighted by atomic mass is 16.5. The number of nitrogens with zero attached hydrogens (tertiary/aromatic N) is 1. The number of aromatic nitrogens is 1. The second-order valence-corrected chi connectivity index (χ2v) is 11.3. The van der Waals surface area contributed by atoms with Gasteiger partial charge < -0.3 is 31.0 Å².